The van der Waals surface area contributed by atoms with Gasteiger partial charge in [0.25, 0.3) is 5.69 Å². The second-order valence-electron chi connectivity index (χ2n) is 3.70. The van der Waals surface area contributed by atoms with E-state index in [1.54, 1.807) is 0 Å². The lowest BCUT2D eigenvalue weighted by Gasteiger charge is -2.11. The van der Waals surface area contributed by atoms with E-state index in [0.717, 1.165) is 0 Å². The molecule has 8 nitrogen and oxygen atoms in total. The third kappa shape index (κ3) is 4.03. The molecule has 0 aliphatic heterocycles. The van der Waals surface area contributed by atoms with Gasteiger partial charge >= 0.3 is 5.97 Å². The number of aliphatic carboxylic acids is 1. The number of amides is 1. The number of para-hydroxylation sites is 1. The maximum Gasteiger partial charge on any atom is 0.328 e. The fourth-order valence-electron chi connectivity index (χ4n) is 1.44. The Hall–Kier alpha value is -2.48. The maximum atomic E-state index is 11.6. The summed E-state index contributed by atoms with van der Waals surface area (Å²) in [4.78, 5) is 32.3. The summed E-state index contributed by atoms with van der Waals surface area (Å²) in [5.41, 5.74) is -0.0411. The van der Waals surface area contributed by atoms with Gasteiger partial charge in [0.1, 0.15) is 6.04 Å². The monoisotopic (exact) mass is 268 g/mol. The number of aliphatic hydroxyl groups excluding tert-OH is 1. The van der Waals surface area contributed by atoms with Crippen LogP contribution in [0.2, 0.25) is 0 Å². The van der Waals surface area contributed by atoms with Crippen LogP contribution in [0, 0.1) is 10.1 Å². The molecule has 3 N–H and O–H groups in total. The van der Waals surface area contributed by atoms with E-state index in [0.29, 0.717) is 0 Å². The summed E-state index contributed by atoms with van der Waals surface area (Å²) in [5, 5.41) is 30.2. The smallest absolute Gasteiger partial charge is 0.328 e. The minimum atomic E-state index is -1.42. The quantitative estimate of drug-likeness (QED) is 0.479. The second kappa shape index (κ2) is 6.45. The summed E-state index contributed by atoms with van der Waals surface area (Å²) < 4.78 is 0. The van der Waals surface area contributed by atoms with E-state index in [-0.39, 0.29) is 17.7 Å². The average Bonchev–Trinajstić information content (AvgIpc) is 2.35. The number of nitrogens with one attached hydrogen (secondary N) is 1. The molecular formula is C11H12N2O6. The highest BCUT2D eigenvalue weighted by Crippen LogP contribution is 2.17. The molecule has 1 rings (SSSR count). The molecule has 0 aliphatic rings. The van der Waals surface area contributed by atoms with Gasteiger partial charge < -0.3 is 15.5 Å². The number of carbonyl (C=O) groups excluding carboxylic acids is 1. The predicted molar refractivity (Wildman–Crippen MR) is 63.5 cm³/mol. The molecule has 0 fully saturated rings. The van der Waals surface area contributed by atoms with Crippen molar-refractivity contribution in [2.24, 2.45) is 0 Å². The van der Waals surface area contributed by atoms with Crippen LogP contribution in [0.15, 0.2) is 24.3 Å². The Morgan fingerprint density at radius 2 is 2.00 bits per heavy atom. The van der Waals surface area contributed by atoms with Crippen molar-refractivity contribution < 1.29 is 24.7 Å². The van der Waals surface area contributed by atoms with Gasteiger partial charge in [-0.15, -0.1) is 0 Å². The number of nitro benzene ring substituents is 1. The number of carboxylic acids is 1. The lowest BCUT2D eigenvalue weighted by Crippen LogP contribution is -2.44. The van der Waals surface area contributed by atoms with Gasteiger partial charge in [-0.1, -0.05) is 18.2 Å². The van der Waals surface area contributed by atoms with E-state index < -0.39 is 29.4 Å². The van der Waals surface area contributed by atoms with Crippen molar-refractivity contribution in [3.05, 3.63) is 39.9 Å². The number of hydrogen-bond acceptors (Lipinski definition) is 5. The summed E-state index contributed by atoms with van der Waals surface area (Å²) in [6.45, 7) is -0.752. The molecule has 0 spiro atoms. The normalized spacial score (nSPS) is 11.6. The molecule has 0 bridgehead atoms. The molecule has 1 amide bonds. The molecule has 0 saturated carbocycles. The van der Waals surface area contributed by atoms with Gasteiger partial charge in [0, 0.05) is 11.6 Å². The molecule has 1 aromatic rings. The molecule has 0 radical (unpaired) electrons. The fourth-order valence-corrected chi connectivity index (χ4v) is 1.44. The molecule has 0 heterocycles. The first kappa shape index (κ1) is 14.6. The van der Waals surface area contributed by atoms with Gasteiger partial charge in [0.05, 0.1) is 18.0 Å². The molecule has 8 heteroatoms. The summed E-state index contributed by atoms with van der Waals surface area (Å²) in [6, 6.07) is 4.25. The highest BCUT2D eigenvalue weighted by molar-refractivity contribution is 5.85. The van der Waals surface area contributed by atoms with Crippen LogP contribution in [0.3, 0.4) is 0 Å². The second-order valence-corrected chi connectivity index (χ2v) is 3.70. The Morgan fingerprint density at radius 3 is 2.53 bits per heavy atom. The van der Waals surface area contributed by atoms with Crippen LogP contribution in [0.1, 0.15) is 5.56 Å². The standard InChI is InChI=1S/C11H12N2O6/c14-6-8(11(16)17)12-10(15)5-7-3-1-2-4-9(7)13(18)19/h1-4,8,14H,5-6H2,(H,12,15)(H,16,17)/t8-/m0/s1. The molecule has 1 aromatic carbocycles. The van der Waals surface area contributed by atoms with Crippen LogP contribution in [0.5, 0.6) is 0 Å². The van der Waals surface area contributed by atoms with E-state index in [1.165, 1.54) is 24.3 Å². The Labute approximate surface area is 107 Å². The van der Waals surface area contributed by atoms with Gasteiger partial charge in [-0.05, 0) is 0 Å². The first-order valence-corrected chi connectivity index (χ1v) is 5.31. The fraction of sp³-hybridized carbons (Fsp3) is 0.273. The van der Waals surface area contributed by atoms with E-state index in [1.807, 2.05) is 0 Å². The van der Waals surface area contributed by atoms with Gasteiger partial charge in [-0.25, -0.2) is 4.79 Å². The van der Waals surface area contributed by atoms with E-state index in [9.17, 15) is 19.7 Å². The minimum absolute atomic E-state index is 0.173. The number of aliphatic hydroxyl groups is 1. The number of hydrogen-bond donors (Lipinski definition) is 3. The van der Waals surface area contributed by atoms with Crippen molar-refractivity contribution in [3.63, 3.8) is 0 Å². The highest BCUT2D eigenvalue weighted by atomic mass is 16.6. The van der Waals surface area contributed by atoms with Crippen molar-refractivity contribution in [2.45, 2.75) is 12.5 Å². The molecule has 0 aromatic heterocycles. The molecule has 0 saturated heterocycles. The molecule has 102 valence electrons. The van der Waals surface area contributed by atoms with Gasteiger partial charge in [-0.3, -0.25) is 14.9 Å². The van der Waals surface area contributed by atoms with Crippen molar-refractivity contribution in [2.75, 3.05) is 6.61 Å². The first-order valence-electron chi connectivity index (χ1n) is 5.31. The zero-order chi connectivity index (χ0) is 14.4. The van der Waals surface area contributed by atoms with Crippen LogP contribution in [-0.2, 0) is 16.0 Å². The largest absolute Gasteiger partial charge is 0.480 e. The number of nitro groups is 1. The molecule has 1 atom stereocenters. The van der Waals surface area contributed by atoms with E-state index >= 15 is 0 Å². The van der Waals surface area contributed by atoms with Crippen molar-refractivity contribution in [1.29, 1.82) is 0 Å². The predicted octanol–water partition coefficient (Wildman–Crippen LogP) is -0.301. The van der Waals surface area contributed by atoms with E-state index in [2.05, 4.69) is 5.32 Å². The van der Waals surface area contributed by atoms with Crippen LogP contribution in [0.4, 0.5) is 5.69 Å². The van der Waals surface area contributed by atoms with E-state index in [4.69, 9.17) is 10.2 Å². The molecule has 0 aliphatic carbocycles. The van der Waals surface area contributed by atoms with Crippen molar-refractivity contribution >= 4 is 17.6 Å². The summed E-state index contributed by atoms with van der Waals surface area (Å²) >= 11 is 0. The van der Waals surface area contributed by atoms with Gasteiger partial charge in [0.15, 0.2) is 0 Å². The lowest BCUT2D eigenvalue weighted by molar-refractivity contribution is -0.385. The summed E-state index contributed by atoms with van der Waals surface area (Å²) in [5.74, 6) is -2.09. The third-order valence-corrected chi connectivity index (χ3v) is 2.36. The summed E-state index contributed by atoms with van der Waals surface area (Å²) in [6.07, 6.45) is -0.332. The van der Waals surface area contributed by atoms with Gasteiger partial charge in [0.2, 0.25) is 5.91 Å². The van der Waals surface area contributed by atoms with Crippen LogP contribution < -0.4 is 5.32 Å². The summed E-state index contributed by atoms with van der Waals surface area (Å²) in [7, 11) is 0. The van der Waals surface area contributed by atoms with Gasteiger partial charge in [-0.2, -0.15) is 0 Å². The highest BCUT2D eigenvalue weighted by Gasteiger charge is 2.21. The SMILES string of the molecule is O=C(Cc1ccccc1[N+](=O)[O-])N[C@@H](CO)C(=O)O. The van der Waals surface area contributed by atoms with Crippen LogP contribution in [-0.4, -0.2) is 39.7 Å². The number of carbonyl (C=O) groups is 2. The Bertz CT molecular complexity index is 502. The van der Waals surface area contributed by atoms with Crippen molar-refractivity contribution in [3.8, 4) is 0 Å². The lowest BCUT2D eigenvalue weighted by atomic mass is 10.1. The number of benzene rings is 1. The number of carboxylic acid groups (broad SMARTS) is 1. The van der Waals surface area contributed by atoms with Crippen LogP contribution in [0.25, 0.3) is 0 Å². The first-order chi connectivity index (χ1) is 8.95. The zero-order valence-electron chi connectivity index (χ0n) is 9.78. The third-order valence-electron chi connectivity index (χ3n) is 2.36. The Kier molecular flexibility index (Phi) is 4.95. The van der Waals surface area contributed by atoms with Crippen molar-refractivity contribution in [1.82, 2.24) is 5.32 Å². The molecule has 19 heavy (non-hydrogen) atoms. The Balaban J connectivity index is 2.77. The number of nitrogens with zero attached hydrogens (tertiary/aromatic N) is 1. The maximum absolute atomic E-state index is 11.6. The molecule has 0 unspecified atom stereocenters. The minimum Gasteiger partial charge on any atom is -0.480 e. The average molecular weight is 268 g/mol. The topological polar surface area (TPSA) is 130 Å². The molecular weight excluding hydrogens is 256 g/mol. The number of rotatable bonds is 6. The van der Waals surface area contributed by atoms with Crippen LogP contribution >= 0.6 is 0 Å². The Morgan fingerprint density at radius 1 is 1.37 bits per heavy atom. The zero-order valence-corrected chi connectivity index (χ0v) is 9.78.